The molecule has 2 saturated heterocycles. The maximum atomic E-state index is 13.4. The Morgan fingerprint density at radius 3 is 2.60 bits per heavy atom. The average molecular weight is 439 g/mol. The van der Waals surface area contributed by atoms with Crippen molar-refractivity contribution >= 4 is 12.1 Å². The third kappa shape index (κ3) is 6.03. The van der Waals surface area contributed by atoms with Crippen LogP contribution in [0.2, 0.25) is 0 Å². The molecular weight excluding hydrogens is 406 g/mol. The lowest BCUT2D eigenvalue weighted by molar-refractivity contribution is -0.0143. The summed E-state index contributed by atoms with van der Waals surface area (Å²) in [6, 6.07) is 3.52. The Bertz CT molecular complexity index is 783. The number of aromatic nitrogens is 2. The number of ether oxygens (including phenoxy) is 1. The van der Waals surface area contributed by atoms with Gasteiger partial charge in [-0.2, -0.15) is 9.19 Å². The van der Waals surface area contributed by atoms with E-state index in [2.05, 4.69) is 27.8 Å². The van der Waals surface area contributed by atoms with Crippen molar-refractivity contribution in [3.63, 3.8) is 0 Å². The highest BCUT2D eigenvalue weighted by Gasteiger charge is 2.23. The highest BCUT2D eigenvalue weighted by atomic mass is 32.2. The average Bonchev–Trinajstić information content (AvgIpc) is 3.31. The molecule has 0 saturated carbocycles. The molecule has 0 aliphatic carbocycles. The third-order valence-corrected chi connectivity index (χ3v) is 6.24. The Kier molecular flexibility index (Phi) is 8.68. The van der Waals surface area contributed by atoms with Crippen LogP contribution >= 0.6 is 12.1 Å². The molecule has 166 valence electrons. The minimum absolute atomic E-state index is 0.281. The summed E-state index contributed by atoms with van der Waals surface area (Å²) in [5, 5.41) is 7.77. The van der Waals surface area contributed by atoms with Crippen molar-refractivity contribution in [2.45, 2.75) is 59.2 Å². The second-order valence-electron chi connectivity index (χ2n) is 7.64. The van der Waals surface area contributed by atoms with Crippen molar-refractivity contribution < 1.29 is 13.5 Å². The van der Waals surface area contributed by atoms with Crippen LogP contribution in [0.3, 0.4) is 0 Å². The largest absolute Gasteiger partial charge is 0.373 e. The third-order valence-electron chi connectivity index (χ3n) is 5.29. The summed E-state index contributed by atoms with van der Waals surface area (Å²) >= 11 is 1.73. The van der Waals surface area contributed by atoms with E-state index in [1.165, 1.54) is 36.8 Å². The van der Waals surface area contributed by atoms with E-state index in [1.807, 2.05) is 17.9 Å². The van der Waals surface area contributed by atoms with Gasteiger partial charge >= 0.3 is 0 Å². The molecule has 8 heteroatoms. The molecule has 4 heterocycles. The van der Waals surface area contributed by atoms with Crippen LogP contribution in [0.5, 0.6) is 0 Å². The number of rotatable bonds is 3. The molecule has 5 rings (SSSR count). The van der Waals surface area contributed by atoms with Crippen molar-refractivity contribution in [1.29, 1.82) is 0 Å². The Balaban J connectivity index is 0.000000159. The van der Waals surface area contributed by atoms with Gasteiger partial charge in [0.2, 0.25) is 0 Å². The molecule has 30 heavy (non-hydrogen) atoms. The highest BCUT2D eigenvalue weighted by Crippen LogP contribution is 2.32. The first-order valence-corrected chi connectivity index (χ1v) is 11.6. The number of nitrogens with one attached hydrogen (secondary N) is 1. The fraction of sp³-hybridized carbons (Fsp3) is 0.591. The molecular formula is C22H32F2N4OS. The first-order chi connectivity index (χ1) is 14.6. The number of fused-ring (bicyclic) bond motifs is 1. The zero-order valence-electron chi connectivity index (χ0n) is 18.0. The second-order valence-corrected chi connectivity index (χ2v) is 8.70. The molecule has 1 N–H and O–H groups in total. The summed E-state index contributed by atoms with van der Waals surface area (Å²) in [6.45, 7) is 11.0. The monoisotopic (exact) mass is 438 g/mol. The zero-order valence-corrected chi connectivity index (χ0v) is 18.9. The molecule has 0 bridgehead atoms. The number of benzene rings is 1. The van der Waals surface area contributed by atoms with Gasteiger partial charge < -0.3 is 10.1 Å². The summed E-state index contributed by atoms with van der Waals surface area (Å²) in [5.41, 5.74) is 2.92. The maximum Gasteiger partial charge on any atom is 0.129 e. The summed E-state index contributed by atoms with van der Waals surface area (Å²) in [7, 11) is 0. The topological polar surface area (TPSA) is 42.3 Å². The Morgan fingerprint density at radius 1 is 1.17 bits per heavy atom. The Morgan fingerprint density at radius 2 is 1.97 bits per heavy atom. The molecule has 0 radical (unpaired) electrons. The Hall–Kier alpha value is -1.48. The fourth-order valence-electron chi connectivity index (χ4n) is 3.45. The van der Waals surface area contributed by atoms with Gasteiger partial charge in [-0.25, -0.2) is 13.1 Å². The van der Waals surface area contributed by atoms with Gasteiger partial charge in [0.25, 0.3) is 0 Å². The van der Waals surface area contributed by atoms with Gasteiger partial charge in [0.05, 0.1) is 23.9 Å². The van der Waals surface area contributed by atoms with Crippen LogP contribution in [0.1, 0.15) is 63.0 Å². The van der Waals surface area contributed by atoms with Gasteiger partial charge in [-0.1, -0.05) is 20.8 Å². The van der Waals surface area contributed by atoms with Gasteiger partial charge in [-0.3, -0.25) is 0 Å². The van der Waals surface area contributed by atoms with Crippen molar-refractivity contribution in [2.75, 3.05) is 19.7 Å². The SMILES string of the molecule is CC.CC1CC[C@@H](c2cc(F)ccc2F)OC1.c1c2c(nn1SN1CCC1)CNC2. The predicted molar refractivity (Wildman–Crippen MR) is 117 cm³/mol. The second kappa shape index (κ2) is 11.2. The molecule has 2 fully saturated rings. The predicted octanol–water partition coefficient (Wildman–Crippen LogP) is 5.08. The van der Waals surface area contributed by atoms with E-state index in [4.69, 9.17) is 4.74 Å². The van der Waals surface area contributed by atoms with E-state index in [9.17, 15) is 8.78 Å². The van der Waals surface area contributed by atoms with E-state index in [-0.39, 0.29) is 11.9 Å². The molecule has 3 aliphatic rings. The highest BCUT2D eigenvalue weighted by molar-refractivity contribution is 7.95. The van der Waals surface area contributed by atoms with Gasteiger partial charge in [-0.15, -0.1) is 0 Å². The van der Waals surface area contributed by atoms with Crippen molar-refractivity contribution in [2.24, 2.45) is 5.92 Å². The normalized spacial score (nSPS) is 22.8. The van der Waals surface area contributed by atoms with E-state index in [0.717, 1.165) is 38.1 Å². The molecule has 5 nitrogen and oxygen atoms in total. The van der Waals surface area contributed by atoms with E-state index in [0.29, 0.717) is 18.1 Å². The first kappa shape index (κ1) is 23.2. The molecule has 1 unspecified atom stereocenters. The fourth-order valence-corrected chi connectivity index (χ4v) is 4.42. The Labute approximate surface area is 182 Å². The standard InChI is InChI=1S/C12H14F2O.C8H12N4S.C2H6/c1-8-2-5-12(15-7-8)10-6-9(13)3-4-11(10)14;1-2-11(3-1)13-12-6-7-4-9-5-8(7)10-12;1-2/h3-4,6,8,12H,2,5,7H2,1H3;6,9H,1-5H2;1-2H3/t8?,12-;;/m0../s1. The summed E-state index contributed by atoms with van der Waals surface area (Å²) < 4.78 is 36.2. The molecule has 1 aromatic heterocycles. The van der Waals surface area contributed by atoms with Gasteiger partial charge in [0.1, 0.15) is 11.6 Å². The van der Waals surface area contributed by atoms with E-state index in [1.54, 1.807) is 12.1 Å². The minimum Gasteiger partial charge on any atom is -0.373 e. The van der Waals surface area contributed by atoms with Gasteiger partial charge in [0, 0.05) is 50.1 Å². The number of nitrogens with zero attached hydrogens (tertiary/aromatic N) is 3. The zero-order chi connectivity index (χ0) is 21.5. The molecule has 3 aliphatic heterocycles. The van der Waals surface area contributed by atoms with Gasteiger partial charge in [-0.05, 0) is 43.4 Å². The molecule has 2 aromatic rings. The first-order valence-electron chi connectivity index (χ1n) is 10.9. The van der Waals surface area contributed by atoms with Crippen LogP contribution in [-0.4, -0.2) is 33.2 Å². The number of halogens is 2. The smallest absolute Gasteiger partial charge is 0.129 e. The van der Waals surface area contributed by atoms with Crippen molar-refractivity contribution in [3.8, 4) is 0 Å². The molecule has 1 aromatic carbocycles. The minimum atomic E-state index is -0.409. The quantitative estimate of drug-likeness (QED) is 0.677. The lowest BCUT2D eigenvalue weighted by Gasteiger charge is -2.28. The van der Waals surface area contributed by atoms with Crippen LogP contribution in [0.15, 0.2) is 24.4 Å². The van der Waals surface area contributed by atoms with Gasteiger partial charge in [0.15, 0.2) is 0 Å². The lowest BCUT2D eigenvalue weighted by Crippen LogP contribution is -2.31. The van der Waals surface area contributed by atoms with Crippen LogP contribution in [0, 0.1) is 17.6 Å². The molecule has 0 amide bonds. The molecule has 0 spiro atoms. The van der Waals surface area contributed by atoms with Crippen LogP contribution in [0.25, 0.3) is 0 Å². The van der Waals surface area contributed by atoms with Crippen LogP contribution in [-0.2, 0) is 17.8 Å². The summed E-state index contributed by atoms with van der Waals surface area (Å²) in [6.07, 6.45) is 4.95. The number of hydrogen-bond donors (Lipinski definition) is 1. The molecule has 2 atom stereocenters. The summed E-state index contributed by atoms with van der Waals surface area (Å²) in [5.74, 6) is -0.276. The van der Waals surface area contributed by atoms with E-state index < -0.39 is 5.82 Å². The lowest BCUT2D eigenvalue weighted by atomic mass is 9.96. The van der Waals surface area contributed by atoms with Crippen LogP contribution < -0.4 is 5.32 Å². The summed E-state index contributed by atoms with van der Waals surface area (Å²) in [4.78, 5) is 0. The maximum absolute atomic E-state index is 13.4. The number of hydrogen-bond acceptors (Lipinski definition) is 5. The van der Waals surface area contributed by atoms with Crippen molar-refractivity contribution in [1.82, 2.24) is 18.8 Å². The van der Waals surface area contributed by atoms with E-state index >= 15 is 0 Å². The van der Waals surface area contributed by atoms with Crippen molar-refractivity contribution in [3.05, 3.63) is 52.9 Å². The van der Waals surface area contributed by atoms with Crippen LogP contribution in [0.4, 0.5) is 8.78 Å².